The van der Waals surface area contributed by atoms with Gasteiger partial charge in [0.2, 0.25) is 0 Å². The molecule has 0 aliphatic carbocycles. The summed E-state index contributed by atoms with van der Waals surface area (Å²) < 4.78 is 19.2. The van der Waals surface area contributed by atoms with Gasteiger partial charge in [-0.25, -0.2) is 4.39 Å². The Kier molecular flexibility index (Phi) is 4.52. The Balaban J connectivity index is 1.56. The average Bonchev–Trinajstić information content (AvgIpc) is 3.43. The Morgan fingerprint density at radius 2 is 2.00 bits per heavy atom. The summed E-state index contributed by atoms with van der Waals surface area (Å²) in [5.74, 6) is -0.333. The first-order valence-electron chi connectivity index (χ1n) is 9.78. The maximum atomic E-state index is 13.4. The largest absolute Gasteiger partial charge is 0.376 e. The highest BCUT2D eigenvalue weighted by atomic mass is 19.1. The van der Waals surface area contributed by atoms with Gasteiger partial charge in [-0.3, -0.25) is 9.89 Å². The van der Waals surface area contributed by atoms with E-state index in [0.29, 0.717) is 12.1 Å². The number of nitrogens with one attached hydrogen (secondary N) is 2. The number of rotatable bonds is 4. The molecule has 1 saturated heterocycles. The minimum absolute atomic E-state index is 0.0229. The zero-order valence-corrected chi connectivity index (χ0v) is 15.8. The van der Waals surface area contributed by atoms with Crippen LogP contribution < -0.4 is 5.32 Å². The van der Waals surface area contributed by atoms with Gasteiger partial charge in [-0.2, -0.15) is 5.10 Å². The molecule has 3 aromatic rings. The standard InChI is InChI=1S/C22H21FN4O2/c23-15-9-7-14(8-10-15)20-18(12-24-26-20)21-25-19-6-2-1-5-17(19)22(28)27(21)13-16-4-3-11-29-16/h1-2,5-10,12,16,21,25H,3-4,11,13H2,(H,24,26)/t16-,21+/m1/s1. The molecule has 148 valence electrons. The van der Waals surface area contributed by atoms with Crippen LogP contribution in [0.1, 0.15) is 34.9 Å². The summed E-state index contributed by atoms with van der Waals surface area (Å²) >= 11 is 0. The molecule has 2 atom stereocenters. The zero-order chi connectivity index (χ0) is 19.8. The minimum atomic E-state index is -0.402. The maximum Gasteiger partial charge on any atom is 0.257 e. The number of hydrogen-bond acceptors (Lipinski definition) is 4. The highest BCUT2D eigenvalue weighted by Crippen LogP contribution is 2.37. The molecule has 0 bridgehead atoms. The van der Waals surface area contributed by atoms with Gasteiger partial charge in [0.15, 0.2) is 0 Å². The van der Waals surface area contributed by atoms with Gasteiger partial charge in [0.25, 0.3) is 5.91 Å². The van der Waals surface area contributed by atoms with E-state index < -0.39 is 6.17 Å². The number of H-pyrrole nitrogens is 1. The molecule has 3 heterocycles. The van der Waals surface area contributed by atoms with Crippen molar-refractivity contribution in [3.05, 3.63) is 71.7 Å². The number of amides is 1. The first-order valence-corrected chi connectivity index (χ1v) is 9.78. The molecule has 0 spiro atoms. The Bertz CT molecular complexity index is 1030. The van der Waals surface area contributed by atoms with E-state index in [2.05, 4.69) is 15.5 Å². The lowest BCUT2D eigenvalue weighted by atomic mass is 10.0. The van der Waals surface area contributed by atoms with Crippen molar-refractivity contribution in [1.29, 1.82) is 0 Å². The third-order valence-corrected chi connectivity index (χ3v) is 5.54. The van der Waals surface area contributed by atoms with Gasteiger partial charge in [0, 0.05) is 30.0 Å². The minimum Gasteiger partial charge on any atom is -0.376 e. The number of carbonyl (C=O) groups is 1. The lowest BCUT2D eigenvalue weighted by molar-refractivity contribution is 0.0427. The summed E-state index contributed by atoms with van der Waals surface area (Å²) in [6.45, 7) is 1.23. The van der Waals surface area contributed by atoms with Crippen molar-refractivity contribution in [2.24, 2.45) is 0 Å². The number of aromatic nitrogens is 2. The number of anilines is 1. The summed E-state index contributed by atoms with van der Waals surface area (Å²) in [7, 11) is 0. The molecule has 2 aliphatic heterocycles. The van der Waals surface area contributed by atoms with Crippen molar-refractivity contribution in [2.75, 3.05) is 18.5 Å². The molecule has 7 heteroatoms. The van der Waals surface area contributed by atoms with Crippen LogP contribution in [0.2, 0.25) is 0 Å². The first kappa shape index (κ1) is 17.9. The van der Waals surface area contributed by atoms with Crippen LogP contribution in [0.25, 0.3) is 11.3 Å². The van der Waals surface area contributed by atoms with Crippen molar-refractivity contribution in [3.63, 3.8) is 0 Å². The van der Waals surface area contributed by atoms with Crippen LogP contribution >= 0.6 is 0 Å². The van der Waals surface area contributed by atoms with Gasteiger partial charge in [0.1, 0.15) is 12.0 Å². The number of hydrogen-bond donors (Lipinski definition) is 2. The Morgan fingerprint density at radius 3 is 2.79 bits per heavy atom. The summed E-state index contributed by atoms with van der Waals surface area (Å²) in [5.41, 5.74) is 3.83. The van der Waals surface area contributed by atoms with Gasteiger partial charge in [-0.05, 0) is 49.2 Å². The topological polar surface area (TPSA) is 70.2 Å². The van der Waals surface area contributed by atoms with Crippen LogP contribution in [0.5, 0.6) is 0 Å². The SMILES string of the molecule is O=C1c2ccccc2N[C@H](c2cn[nH]c2-c2ccc(F)cc2)N1C[C@H]1CCCO1. The molecule has 0 unspecified atom stereocenters. The van der Waals surface area contributed by atoms with E-state index in [4.69, 9.17) is 4.74 Å². The lowest BCUT2D eigenvalue weighted by Crippen LogP contribution is -2.46. The number of para-hydroxylation sites is 1. The van der Waals surface area contributed by atoms with Crippen LogP contribution in [0.3, 0.4) is 0 Å². The Morgan fingerprint density at radius 1 is 1.17 bits per heavy atom. The predicted molar refractivity (Wildman–Crippen MR) is 107 cm³/mol. The quantitative estimate of drug-likeness (QED) is 0.705. The molecule has 5 rings (SSSR count). The van der Waals surface area contributed by atoms with Crippen molar-refractivity contribution in [2.45, 2.75) is 25.1 Å². The summed E-state index contributed by atoms with van der Waals surface area (Å²) in [5, 5.41) is 10.7. The van der Waals surface area contributed by atoms with Crippen LogP contribution in [-0.2, 0) is 4.74 Å². The van der Waals surface area contributed by atoms with Gasteiger partial charge >= 0.3 is 0 Å². The van der Waals surface area contributed by atoms with E-state index in [9.17, 15) is 9.18 Å². The van der Waals surface area contributed by atoms with E-state index in [1.165, 1.54) is 12.1 Å². The van der Waals surface area contributed by atoms with E-state index in [-0.39, 0.29) is 17.8 Å². The van der Waals surface area contributed by atoms with Crippen LogP contribution in [0, 0.1) is 5.82 Å². The van der Waals surface area contributed by atoms with E-state index >= 15 is 0 Å². The second-order valence-electron chi connectivity index (χ2n) is 7.39. The molecule has 0 radical (unpaired) electrons. The van der Waals surface area contributed by atoms with Crippen LogP contribution in [0.15, 0.2) is 54.7 Å². The highest BCUT2D eigenvalue weighted by molar-refractivity contribution is 6.01. The summed E-state index contributed by atoms with van der Waals surface area (Å²) in [4.78, 5) is 15.2. The third-order valence-electron chi connectivity index (χ3n) is 5.54. The predicted octanol–water partition coefficient (Wildman–Crippen LogP) is 3.96. The third kappa shape index (κ3) is 3.27. The second kappa shape index (κ2) is 7.33. The number of benzene rings is 2. The molecule has 1 amide bonds. The number of nitrogens with zero attached hydrogens (tertiary/aromatic N) is 2. The summed E-state index contributed by atoms with van der Waals surface area (Å²) in [6, 6.07) is 13.7. The Labute approximate surface area is 167 Å². The molecular weight excluding hydrogens is 371 g/mol. The van der Waals surface area contributed by atoms with Crippen molar-refractivity contribution >= 4 is 11.6 Å². The first-order chi connectivity index (χ1) is 14.2. The number of carbonyl (C=O) groups excluding carboxylic acids is 1. The summed E-state index contributed by atoms with van der Waals surface area (Å²) in [6.07, 6.45) is 3.29. The normalized spacial score (nSPS) is 21.1. The molecule has 6 nitrogen and oxygen atoms in total. The maximum absolute atomic E-state index is 13.4. The van der Waals surface area contributed by atoms with Gasteiger partial charge in [-0.15, -0.1) is 0 Å². The number of aromatic amines is 1. The van der Waals surface area contributed by atoms with Gasteiger partial charge in [0.05, 0.1) is 23.6 Å². The number of ether oxygens (including phenoxy) is 1. The van der Waals surface area contributed by atoms with E-state index in [0.717, 1.165) is 42.0 Å². The number of halogens is 1. The molecule has 0 saturated carbocycles. The fraction of sp³-hybridized carbons (Fsp3) is 0.273. The number of fused-ring (bicyclic) bond motifs is 1. The van der Waals surface area contributed by atoms with E-state index in [1.807, 2.05) is 29.2 Å². The molecule has 1 fully saturated rings. The Hall–Kier alpha value is -3.19. The average molecular weight is 392 g/mol. The van der Waals surface area contributed by atoms with Crippen LogP contribution in [-0.4, -0.2) is 40.3 Å². The monoisotopic (exact) mass is 392 g/mol. The van der Waals surface area contributed by atoms with E-state index in [1.54, 1.807) is 18.3 Å². The molecule has 2 aromatic carbocycles. The molecule has 2 aliphatic rings. The lowest BCUT2D eigenvalue weighted by Gasteiger charge is -2.39. The molecule has 2 N–H and O–H groups in total. The fourth-order valence-electron chi connectivity index (χ4n) is 4.08. The van der Waals surface area contributed by atoms with Gasteiger partial charge < -0.3 is 15.0 Å². The highest BCUT2D eigenvalue weighted by Gasteiger charge is 2.36. The van der Waals surface area contributed by atoms with Crippen molar-refractivity contribution in [3.8, 4) is 11.3 Å². The molecule has 29 heavy (non-hydrogen) atoms. The van der Waals surface area contributed by atoms with Gasteiger partial charge in [-0.1, -0.05) is 12.1 Å². The smallest absolute Gasteiger partial charge is 0.257 e. The fourth-order valence-corrected chi connectivity index (χ4v) is 4.08. The van der Waals surface area contributed by atoms with Crippen LogP contribution in [0.4, 0.5) is 10.1 Å². The van der Waals surface area contributed by atoms with Crippen molar-refractivity contribution in [1.82, 2.24) is 15.1 Å². The second-order valence-corrected chi connectivity index (χ2v) is 7.39. The molecular formula is C22H21FN4O2. The zero-order valence-electron chi connectivity index (χ0n) is 15.8. The molecule has 1 aromatic heterocycles. The van der Waals surface area contributed by atoms with Crippen molar-refractivity contribution < 1.29 is 13.9 Å².